The van der Waals surface area contributed by atoms with Crippen LogP contribution in [-0.2, 0) is 7.05 Å². The maximum absolute atomic E-state index is 12.7. The quantitative estimate of drug-likeness (QED) is 0.457. The van der Waals surface area contributed by atoms with Gasteiger partial charge < -0.3 is 10.1 Å². The highest BCUT2D eigenvalue weighted by molar-refractivity contribution is 7.13. The van der Waals surface area contributed by atoms with E-state index in [1.54, 1.807) is 29.1 Å². The predicted molar refractivity (Wildman–Crippen MR) is 117 cm³/mol. The Kier molecular flexibility index (Phi) is 4.68. The summed E-state index contributed by atoms with van der Waals surface area (Å²) in [6.45, 7) is 0. The Bertz CT molecular complexity index is 1390. The highest BCUT2D eigenvalue weighted by atomic mass is 32.1. The molecule has 0 saturated carbocycles. The van der Waals surface area contributed by atoms with Crippen molar-refractivity contribution in [2.24, 2.45) is 7.05 Å². The number of anilines is 1. The first-order valence-corrected chi connectivity index (χ1v) is 10.3. The van der Waals surface area contributed by atoms with E-state index in [1.807, 2.05) is 53.9 Å². The summed E-state index contributed by atoms with van der Waals surface area (Å²) < 4.78 is 8.44. The fourth-order valence-electron chi connectivity index (χ4n) is 3.23. The molecule has 0 spiro atoms. The molecule has 5 aromatic rings. The Hall–Kier alpha value is -4.05. The SMILES string of the molecule is COc1nn(C)cc1C(=O)Nc1cccc(-c2ccc3nnc(-c4cccs4)n3n2)c1. The topological polar surface area (TPSA) is 99.2 Å². The van der Waals surface area contributed by atoms with Crippen molar-refractivity contribution in [3.8, 4) is 27.8 Å². The third-order valence-electron chi connectivity index (χ3n) is 4.65. The molecule has 4 aromatic heterocycles. The summed E-state index contributed by atoms with van der Waals surface area (Å²) >= 11 is 1.58. The number of nitrogens with one attached hydrogen (secondary N) is 1. The number of hydrogen-bond donors (Lipinski definition) is 1. The molecule has 1 amide bonds. The summed E-state index contributed by atoms with van der Waals surface area (Å²) in [5.74, 6) is 0.668. The zero-order chi connectivity index (χ0) is 21.4. The van der Waals surface area contributed by atoms with E-state index in [-0.39, 0.29) is 11.8 Å². The minimum atomic E-state index is -0.302. The molecule has 0 bridgehead atoms. The number of methoxy groups -OCH3 is 1. The van der Waals surface area contributed by atoms with Crippen LogP contribution in [-0.4, -0.2) is 42.6 Å². The van der Waals surface area contributed by atoms with Crippen molar-refractivity contribution < 1.29 is 9.53 Å². The average molecular weight is 431 g/mol. The number of benzene rings is 1. The van der Waals surface area contributed by atoms with Gasteiger partial charge in [0.25, 0.3) is 5.91 Å². The highest BCUT2D eigenvalue weighted by Crippen LogP contribution is 2.26. The molecule has 31 heavy (non-hydrogen) atoms. The van der Waals surface area contributed by atoms with Crippen molar-refractivity contribution in [3.63, 3.8) is 0 Å². The zero-order valence-electron chi connectivity index (χ0n) is 16.7. The molecule has 10 heteroatoms. The standard InChI is InChI=1S/C21H17N7O2S/c1-27-12-15(21(26-27)30-2)20(29)22-14-6-3-5-13(11-14)16-8-9-18-23-24-19(28(18)25-16)17-7-4-10-31-17/h3-12H,1-2H3,(H,22,29). The lowest BCUT2D eigenvalue weighted by Crippen LogP contribution is -2.12. The van der Waals surface area contributed by atoms with Gasteiger partial charge in [0.05, 0.1) is 17.7 Å². The van der Waals surface area contributed by atoms with Crippen molar-refractivity contribution in [1.29, 1.82) is 0 Å². The van der Waals surface area contributed by atoms with Gasteiger partial charge >= 0.3 is 0 Å². The number of hydrogen-bond acceptors (Lipinski definition) is 7. The van der Waals surface area contributed by atoms with Crippen LogP contribution in [0.4, 0.5) is 5.69 Å². The minimum Gasteiger partial charge on any atom is -0.479 e. The highest BCUT2D eigenvalue weighted by Gasteiger charge is 2.17. The molecule has 0 radical (unpaired) electrons. The number of fused-ring (bicyclic) bond motifs is 1. The van der Waals surface area contributed by atoms with E-state index in [0.717, 1.165) is 16.1 Å². The third-order valence-corrected chi connectivity index (χ3v) is 5.52. The number of amides is 1. The first kappa shape index (κ1) is 18.9. The molecule has 9 nitrogen and oxygen atoms in total. The summed E-state index contributed by atoms with van der Waals surface area (Å²) in [5, 5.41) is 22.2. The summed E-state index contributed by atoms with van der Waals surface area (Å²) in [7, 11) is 3.22. The Labute approximate surface area is 180 Å². The number of ether oxygens (including phenoxy) is 1. The average Bonchev–Trinajstić information content (AvgIpc) is 3.52. The zero-order valence-corrected chi connectivity index (χ0v) is 17.5. The van der Waals surface area contributed by atoms with Crippen LogP contribution < -0.4 is 10.1 Å². The van der Waals surface area contributed by atoms with Crippen molar-refractivity contribution in [2.75, 3.05) is 12.4 Å². The van der Waals surface area contributed by atoms with Crippen LogP contribution in [0.25, 0.3) is 27.6 Å². The molecule has 154 valence electrons. The van der Waals surface area contributed by atoms with Crippen molar-refractivity contribution >= 4 is 28.6 Å². The largest absolute Gasteiger partial charge is 0.479 e. The molecular formula is C21H17N7O2S. The van der Waals surface area contributed by atoms with Gasteiger partial charge in [0, 0.05) is 24.5 Å². The Morgan fingerprint density at radius 3 is 2.81 bits per heavy atom. The van der Waals surface area contributed by atoms with Crippen molar-refractivity contribution in [1.82, 2.24) is 29.6 Å². The maximum Gasteiger partial charge on any atom is 0.262 e. The number of nitrogens with zero attached hydrogens (tertiary/aromatic N) is 6. The van der Waals surface area contributed by atoms with Crippen LogP contribution in [0.3, 0.4) is 0 Å². The molecule has 4 heterocycles. The molecule has 0 unspecified atom stereocenters. The Balaban J connectivity index is 1.47. The summed E-state index contributed by atoms with van der Waals surface area (Å²) in [6.07, 6.45) is 1.62. The van der Waals surface area contributed by atoms with E-state index in [2.05, 4.69) is 20.6 Å². The molecule has 0 aliphatic heterocycles. The van der Waals surface area contributed by atoms with Crippen LogP contribution >= 0.6 is 11.3 Å². The van der Waals surface area contributed by atoms with Gasteiger partial charge in [-0.1, -0.05) is 18.2 Å². The molecule has 0 saturated heterocycles. The van der Waals surface area contributed by atoms with Crippen molar-refractivity contribution in [2.45, 2.75) is 0 Å². The van der Waals surface area contributed by atoms with Crippen LogP contribution in [0.2, 0.25) is 0 Å². The van der Waals surface area contributed by atoms with Crippen molar-refractivity contribution in [3.05, 3.63) is 65.7 Å². The second kappa shape index (κ2) is 7.65. The number of carbonyl (C=O) groups is 1. The fraction of sp³-hybridized carbons (Fsp3) is 0.0952. The second-order valence-corrected chi connectivity index (χ2v) is 7.70. The molecule has 5 rings (SSSR count). The van der Waals surface area contributed by atoms with E-state index in [0.29, 0.717) is 22.7 Å². The van der Waals surface area contributed by atoms with Gasteiger partial charge in [-0.15, -0.1) is 26.6 Å². The lowest BCUT2D eigenvalue weighted by Gasteiger charge is -2.08. The third kappa shape index (κ3) is 3.53. The van der Waals surface area contributed by atoms with E-state index in [9.17, 15) is 4.79 Å². The first-order chi connectivity index (χ1) is 15.1. The van der Waals surface area contributed by atoms with Crippen LogP contribution in [0.1, 0.15) is 10.4 Å². The minimum absolute atomic E-state index is 0.275. The molecule has 1 aromatic carbocycles. The number of rotatable bonds is 5. The van der Waals surface area contributed by atoms with Gasteiger partial charge in [-0.05, 0) is 35.7 Å². The van der Waals surface area contributed by atoms with Crippen LogP contribution in [0.5, 0.6) is 5.88 Å². The van der Waals surface area contributed by atoms with E-state index in [1.165, 1.54) is 11.8 Å². The summed E-state index contributed by atoms with van der Waals surface area (Å²) in [6, 6.07) is 15.2. The van der Waals surface area contributed by atoms with Gasteiger partial charge in [-0.3, -0.25) is 9.48 Å². The predicted octanol–water partition coefficient (Wildman–Crippen LogP) is 3.51. The number of aryl methyl sites for hydroxylation is 1. The van der Waals surface area contributed by atoms with E-state index in [4.69, 9.17) is 9.84 Å². The molecular weight excluding hydrogens is 414 g/mol. The van der Waals surface area contributed by atoms with Gasteiger partial charge in [0.2, 0.25) is 5.88 Å². The number of carbonyl (C=O) groups excluding carboxylic acids is 1. The maximum atomic E-state index is 12.7. The molecule has 1 N–H and O–H groups in total. The van der Waals surface area contributed by atoms with Gasteiger partial charge in [-0.2, -0.15) is 9.61 Å². The van der Waals surface area contributed by atoms with Crippen LogP contribution in [0, 0.1) is 0 Å². The van der Waals surface area contributed by atoms with Crippen LogP contribution in [0.15, 0.2) is 60.1 Å². The molecule has 0 atom stereocenters. The van der Waals surface area contributed by atoms with Gasteiger partial charge in [0.1, 0.15) is 5.56 Å². The first-order valence-electron chi connectivity index (χ1n) is 9.38. The molecule has 0 aliphatic rings. The monoisotopic (exact) mass is 431 g/mol. The summed E-state index contributed by atoms with van der Waals surface area (Å²) in [5.41, 5.74) is 3.25. The van der Waals surface area contributed by atoms with E-state index < -0.39 is 0 Å². The molecule has 0 aliphatic carbocycles. The molecule has 0 fully saturated rings. The van der Waals surface area contributed by atoms with E-state index >= 15 is 0 Å². The van der Waals surface area contributed by atoms with Gasteiger partial charge in [0.15, 0.2) is 11.5 Å². The number of aromatic nitrogens is 6. The lowest BCUT2D eigenvalue weighted by molar-refractivity contribution is 0.102. The Morgan fingerprint density at radius 1 is 1.10 bits per heavy atom. The Morgan fingerprint density at radius 2 is 2.00 bits per heavy atom. The fourth-order valence-corrected chi connectivity index (χ4v) is 3.93. The smallest absolute Gasteiger partial charge is 0.262 e. The van der Waals surface area contributed by atoms with Gasteiger partial charge in [-0.25, -0.2) is 0 Å². The summed E-state index contributed by atoms with van der Waals surface area (Å²) in [4.78, 5) is 13.7. The number of thiophene rings is 1. The normalized spacial score (nSPS) is 11.0. The lowest BCUT2D eigenvalue weighted by atomic mass is 10.1. The second-order valence-electron chi connectivity index (χ2n) is 6.75.